The first-order chi connectivity index (χ1) is 11.4. The summed E-state index contributed by atoms with van der Waals surface area (Å²) >= 11 is 10.8. The maximum absolute atomic E-state index is 12.5. The van der Waals surface area contributed by atoms with Crippen molar-refractivity contribution in [1.29, 1.82) is 0 Å². The molecule has 0 bridgehead atoms. The molecule has 0 saturated heterocycles. The third-order valence-corrected chi connectivity index (χ3v) is 3.54. The summed E-state index contributed by atoms with van der Waals surface area (Å²) in [5.74, 6) is 0.0527. The lowest BCUT2D eigenvalue weighted by Gasteiger charge is -2.14. The van der Waals surface area contributed by atoms with Crippen LogP contribution >= 0.6 is 23.8 Å². The van der Waals surface area contributed by atoms with E-state index in [0.29, 0.717) is 12.7 Å². The van der Waals surface area contributed by atoms with Gasteiger partial charge in [-0.2, -0.15) is 13.2 Å². The quantitative estimate of drug-likeness (QED) is 0.549. The molecule has 0 atom stereocenters. The maximum atomic E-state index is 12.5. The predicted octanol–water partition coefficient (Wildman–Crippen LogP) is 3.79. The van der Waals surface area contributed by atoms with Crippen molar-refractivity contribution in [2.24, 2.45) is 0 Å². The van der Waals surface area contributed by atoms with Crippen LogP contribution in [0.2, 0.25) is 5.02 Å². The van der Waals surface area contributed by atoms with Crippen LogP contribution in [-0.4, -0.2) is 16.6 Å². The summed E-state index contributed by atoms with van der Waals surface area (Å²) < 4.78 is 37.6. The molecular formula is C15H14ClF3N4S. The van der Waals surface area contributed by atoms with Gasteiger partial charge < -0.3 is 5.32 Å². The van der Waals surface area contributed by atoms with Crippen molar-refractivity contribution >= 4 is 34.7 Å². The van der Waals surface area contributed by atoms with E-state index in [0.717, 1.165) is 18.1 Å². The summed E-state index contributed by atoms with van der Waals surface area (Å²) in [5, 5.41) is 3.08. The Bertz CT molecular complexity index is 695. The predicted molar refractivity (Wildman–Crippen MR) is 91.8 cm³/mol. The minimum Gasteiger partial charge on any atom is -0.361 e. The van der Waals surface area contributed by atoms with Gasteiger partial charge in [-0.05, 0) is 30.3 Å². The monoisotopic (exact) mass is 374 g/mol. The van der Waals surface area contributed by atoms with Crippen molar-refractivity contribution in [2.45, 2.75) is 12.6 Å². The second kappa shape index (κ2) is 8.16. The number of pyridine rings is 1. The zero-order chi connectivity index (χ0) is 17.6. The van der Waals surface area contributed by atoms with Gasteiger partial charge in [0.25, 0.3) is 0 Å². The topological polar surface area (TPSA) is 49.0 Å². The van der Waals surface area contributed by atoms with Crippen molar-refractivity contribution in [2.75, 3.05) is 12.0 Å². The van der Waals surface area contributed by atoms with Crippen molar-refractivity contribution in [3.05, 3.63) is 58.7 Å². The molecule has 0 unspecified atom stereocenters. The minimum atomic E-state index is -4.49. The van der Waals surface area contributed by atoms with E-state index in [1.807, 2.05) is 30.3 Å². The number of benzene rings is 1. The summed E-state index contributed by atoms with van der Waals surface area (Å²) in [6.45, 7) is 0.603. The van der Waals surface area contributed by atoms with Gasteiger partial charge in [-0.15, -0.1) is 0 Å². The highest BCUT2D eigenvalue weighted by atomic mass is 35.5. The molecule has 3 N–H and O–H groups in total. The second-order valence-electron chi connectivity index (χ2n) is 4.79. The summed E-state index contributed by atoms with van der Waals surface area (Å²) in [5.41, 5.74) is 5.45. The van der Waals surface area contributed by atoms with Crippen LogP contribution in [0.25, 0.3) is 0 Å². The van der Waals surface area contributed by atoms with E-state index in [4.69, 9.17) is 23.8 Å². The first-order valence-electron chi connectivity index (χ1n) is 6.93. The van der Waals surface area contributed by atoms with Crippen LogP contribution in [0, 0.1) is 0 Å². The molecule has 0 aliphatic heterocycles. The molecular weight excluding hydrogens is 361 g/mol. The lowest BCUT2D eigenvalue weighted by Crippen LogP contribution is -2.39. The van der Waals surface area contributed by atoms with Crippen molar-refractivity contribution in [1.82, 2.24) is 15.7 Å². The number of thiocarbonyl (C=S) groups is 1. The van der Waals surface area contributed by atoms with E-state index in [2.05, 4.69) is 21.2 Å². The van der Waals surface area contributed by atoms with Crippen LogP contribution in [0.5, 0.6) is 0 Å². The van der Waals surface area contributed by atoms with Gasteiger partial charge in [0, 0.05) is 12.7 Å². The van der Waals surface area contributed by atoms with Crippen molar-refractivity contribution < 1.29 is 13.2 Å². The summed E-state index contributed by atoms with van der Waals surface area (Å²) in [6.07, 6.45) is -3.01. The molecule has 0 spiro atoms. The number of hydrazine groups is 1. The lowest BCUT2D eigenvalue weighted by molar-refractivity contribution is -0.137. The van der Waals surface area contributed by atoms with Gasteiger partial charge in [0.2, 0.25) is 0 Å². The molecule has 4 nitrogen and oxygen atoms in total. The fraction of sp³-hybridized carbons (Fsp3) is 0.200. The summed E-state index contributed by atoms with van der Waals surface area (Å²) in [4.78, 5) is 3.63. The Labute approximate surface area is 147 Å². The van der Waals surface area contributed by atoms with Crippen LogP contribution in [0.1, 0.15) is 11.1 Å². The zero-order valence-corrected chi connectivity index (χ0v) is 13.9. The third kappa shape index (κ3) is 5.54. The molecule has 0 amide bonds. The number of hydrogen-bond acceptors (Lipinski definition) is 3. The molecule has 0 aliphatic carbocycles. The van der Waals surface area contributed by atoms with Crippen molar-refractivity contribution in [3.63, 3.8) is 0 Å². The van der Waals surface area contributed by atoms with Gasteiger partial charge in [-0.1, -0.05) is 41.9 Å². The number of halogens is 4. The number of aromatic nitrogens is 1. The van der Waals surface area contributed by atoms with E-state index < -0.39 is 11.7 Å². The van der Waals surface area contributed by atoms with Crippen LogP contribution in [0.15, 0.2) is 42.6 Å². The Morgan fingerprint density at radius 2 is 1.92 bits per heavy atom. The Morgan fingerprint density at radius 1 is 1.21 bits per heavy atom. The molecule has 0 fully saturated rings. The van der Waals surface area contributed by atoms with Gasteiger partial charge >= 0.3 is 6.18 Å². The number of nitrogens with one attached hydrogen (secondary N) is 3. The summed E-state index contributed by atoms with van der Waals surface area (Å²) in [6, 6.07) is 10.6. The average molecular weight is 375 g/mol. The van der Waals surface area contributed by atoms with Crippen LogP contribution < -0.4 is 16.2 Å². The molecule has 128 valence electrons. The zero-order valence-electron chi connectivity index (χ0n) is 12.3. The summed E-state index contributed by atoms with van der Waals surface area (Å²) in [7, 11) is 0. The molecule has 2 rings (SSSR count). The highest BCUT2D eigenvalue weighted by Gasteiger charge is 2.31. The third-order valence-electron chi connectivity index (χ3n) is 3.00. The number of rotatable bonds is 5. The average Bonchev–Trinajstić information content (AvgIpc) is 2.54. The molecule has 0 aliphatic rings. The van der Waals surface area contributed by atoms with Gasteiger partial charge in [0.15, 0.2) is 10.9 Å². The van der Waals surface area contributed by atoms with E-state index in [1.165, 1.54) is 0 Å². The Morgan fingerprint density at radius 3 is 2.54 bits per heavy atom. The molecule has 0 radical (unpaired) electrons. The highest BCUT2D eigenvalue weighted by molar-refractivity contribution is 7.80. The van der Waals surface area contributed by atoms with Gasteiger partial charge in [-0.25, -0.2) is 4.98 Å². The van der Waals surface area contributed by atoms with Crippen LogP contribution in [-0.2, 0) is 12.6 Å². The molecule has 1 aromatic heterocycles. The van der Waals surface area contributed by atoms with Crippen molar-refractivity contribution in [3.8, 4) is 0 Å². The minimum absolute atomic E-state index is 0.0527. The Kier molecular flexibility index (Phi) is 6.22. The molecule has 2 aromatic rings. The van der Waals surface area contributed by atoms with Gasteiger partial charge in [-0.3, -0.25) is 10.9 Å². The van der Waals surface area contributed by atoms with Crippen LogP contribution in [0.4, 0.5) is 19.0 Å². The van der Waals surface area contributed by atoms with Gasteiger partial charge in [0.05, 0.1) is 10.6 Å². The lowest BCUT2D eigenvalue weighted by atomic mass is 10.1. The molecule has 1 aromatic carbocycles. The normalized spacial score (nSPS) is 11.0. The van der Waals surface area contributed by atoms with Crippen LogP contribution in [0.3, 0.4) is 0 Å². The molecule has 9 heteroatoms. The smallest absolute Gasteiger partial charge is 0.361 e. The van der Waals surface area contributed by atoms with E-state index in [9.17, 15) is 13.2 Å². The Hall–Kier alpha value is -2.06. The number of nitrogens with zero attached hydrogens (tertiary/aromatic N) is 1. The van der Waals surface area contributed by atoms with Gasteiger partial charge in [0.1, 0.15) is 0 Å². The second-order valence-corrected chi connectivity index (χ2v) is 5.61. The maximum Gasteiger partial charge on any atom is 0.417 e. The molecule has 24 heavy (non-hydrogen) atoms. The van der Waals surface area contributed by atoms with E-state index in [1.54, 1.807) is 0 Å². The molecule has 1 heterocycles. The Balaban J connectivity index is 1.79. The molecule has 0 saturated carbocycles. The first kappa shape index (κ1) is 18.3. The van der Waals surface area contributed by atoms with E-state index in [-0.39, 0.29) is 16.0 Å². The largest absolute Gasteiger partial charge is 0.417 e. The SMILES string of the molecule is FC(F)(F)c1cnc(NNC(=S)NCCc2ccccc2)c(Cl)c1. The highest BCUT2D eigenvalue weighted by Crippen LogP contribution is 2.32. The fourth-order valence-corrected chi connectivity index (χ4v) is 2.18. The number of hydrogen-bond donors (Lipinski definition) is 3. The number of alkyl halides is 3. The van der Waals surface area contributed by atoms with E-state index >= 15 is 0 Å². The number of anilines is 1. The first-order valence-corrected chi connectivity index (χ1v) is 7.71. The standard InChI is InChI=1S/C15H14ClF3N4S/c16-12-8-11(15(17,18)19)9-21-13(12)22-23-14(24)20-7-6-10-4-2-1-3-5-10/h1-5,8-9H,6-7H2,(H,21,22)(H2,20,23,24). The fourth-order valence-electron chi connectivity index (χ4n) is 1.81.